The van der Waals surface area contributed by atoms with Gasteiger partial charge in [-0.25, -0.2) is 71.7 Å². The smallest absolute Gasteiger partial charge is 0.333 e. The van der Waals surface area contributed by atoms with E-state index in [0.29, 0.717) is 70.2 Å². The topological polar surface area (TPSA) is 338 Å². The van der Waals surface area contributed by atoms with E-state index >= 15 is 0 Å². The van der Waals surface area contributed by atoms with Crippen LogP contribution in [0.5, 0.6) is 23.0 Å². The number of aryl methyl sites for hydroxylation is 4. The lowest BCUT2D eigenvalue weighted by Crippen LogP contribution is -2.34. The van der Waals surface area contributed by atoms with Crippen molar-refractivity contribution >= 4 is 87.0 Å². The van der Waals surface area contributed by atoms with Crippen LogP contribution in [-0.4, -0.2) is 84.2 Å². The predicted molar refractivity (Wildman–Crippen MR) is 382 cm³/mol. The quantitative estimate of drug-likeness (QED) is 0.0279. The number of sulfonamides is 4. The normalized spacial score (nSPS) is 12.2. The van der Waals surface area contributed by atoms with Crippen LogP contribution in [0.15, 0.2) is 165 Å². The molecule has 528 valence electrons. The summed E-state index contributed by atoms with van der Waals surface area (Å²) in [5, 5.41) is 10.9. The van der Waals surface area contributed by atoms with Crippen LogP contribution in [0.25, 0.3) is 0 Å². The Hall–Kier alpha value is -10.2. The SMILES string of the molecule is CCCOc1c2cc(NC(=O)NS(=O)(=O)c3ccc(C)cc3)cc1Cc1cc(NC(=O)NS(=O)(=O)c3ccc(C)cc3)cc(c1OCCC)Cc1cc(NC(=O)NS(=O)(=O)c3ccc(C)cc3)cc(c1OCCC)Cc1cc(NC(=O)NS(=O)(=O)c3ccc(C)cc3)cc(c1OCCC)C2. The molecule has 8 aromatic carbocycles. The number of amides is 8. The highest BCUT2D eigenvalue weighted by Gasteiger charge is 2.29. The molecule has 0 atom stereocenters. The molecule has 24 nitrogen and oxygen atoms in total. The van der Waals surface area contributed by atoms with Gasteiger partial charge in [-0.1, -0.05) is 98.5 Å². The van der Waals surface area contributed by atoms with E-state index in [-0.39, 0.29) is 117 Å². The monoisotopic (exact) mass is 1440 g/mol. The van der Waals surface area contributed by atoms with E-state index in [1.807, 2.05) is 27.7 Å². The summed E-state index contributed by atoms with van der Waals surface area (Å²) in [5.74, 6) is 1.10. The molecule has 100 heavy (non-hydrogen) atoms. The summed E-state index contributed by atoms with van der Waals surface area (Å²) in [6.07, 6.45) is 1.34. The van der Waals surface area contributed by atoms with Crippen LogP contribution in [0.4, 0.5) is 41.9 Å². The van der Waals surface area contributed by atoms with Gasteiger partial charge < -0.3 is 40.2 Å². The molecule has 0 aromatic heterocycles. The fraction of sp³-hybridized carbons (Fsp3) is 0.278. The molecule has 8 bridgehead atoms. The molecule has 28 heteroatoms. The standard InChI is InChI=1S/C72H80N8O16S4/c1-9-29-93-65-49-33-51-39-58(74-70(82)78-98(87,88)62-23-15-46(6)16-24-62)41-53(66(51)94-30-10-2)35-55-43-60(76-72(84)80-100(91,92)64-27-19-48(8)20-28-64)44-56(68(55)96-32-12-4)36-54-42-59(75-71(83)79-99(89,90)63-25-17-47(7)18-26-63)40-52(67(54)95-31-11-3)34-50(65)38-57(37-49)73-69(81)77-97(85,86)61-21-13-45(5)14-22-61/h13-28,37-44H,9-12,29-36H2,1-8H3,(H2,73,77,81)(H2,74,78,82)(H2,75,79,83)(H2,76,80,84). The molecular weight excluding hydrogens is 1360 g/mol. The van der Waals surface area contributed by atoms with Gasteiger partial charge in [0.15, 0.2) is 0 Å². The van der Waals surface area contributed by atoms with Gasteiger partial charge in [0.2, 0.25) is 0 Å². The molecule has 0 unspecified atom stereocenters. The molecule has 0 fully saturated rings. The third kappa shape index (κ3) is 19.2. The van der Waals surface area contributed by atoms with Gasteiger partial charge in [-0.15, -0.1) is 0 Å². The number of nitrogens with one attached hydrogen (secondary N) is 8. The van der Waals surface area contributed by atoms with Crippen molar-refractivity contribution in [3.63, 3.8) is 0 Å². The highest BCUT2D eigenvalue weighted by molar-refractivity contribution is 7.91. The summed E-state index contributed by atoms with van der Waals surface area (Å²) >= 11 is 0. The first kappa shape index (κ1) is 74.1. The van der Waals surface area contributed by atoms with Gasteiger partial charge in [0.25, 0.3) is 40.1 Å². The maximum atomic E-state index is 14.2. The van der Waals surface area contributed by atoms with Crippen molar-refractivity contribution in [2.75, 3.05) is 47.7 Å². The number of carbonyl (C=O) groups is 4. The Morgan fingerprint density at radius 1 is 0.290 bits per heavy atom. The summed E-state index contributed by atoms with van der Waals surface area (Å²) in [6.45, 7) is 15.2. The Balaban J connectivity index is 1.31. The molecule has 8 aromatic rings. The van der Waals surface area contributed by atoms with Crippen molar-refractivity contribution in [3.8, 4) is 23.0 Å². The van der Waals surface area contributed by atoms with Gasteiger partial charge in [0.05, 0.1) is 46.0 Å². The number of rotatable bonds is 24. The number of carbonyl (C=O) groups excluding carboxylic acids is 4. The molecular formula is C72H80N8O16S4. The number of ether oxygens (including phenoxy) is 4. The molecule has 8 amide bonds. The van der Waals surface area contributed by atoms with Crippen LogP contribution in [0.1, 0.15) is 120 Å². The maximum absolute atomic E-state index is 14.2. The lowest BCUT2D eigenvalue weighted by Gasteiger charge is -2.25. The maximum Gasteiger partial charge on any atom is 0.333 e. The Labute approximate surface area is 583 Å². The lowest BCUT2D eigenvalue weighted by molar-refractivity contribution is 0.255. The Morgan fingerprint density at radius 3 is 0.600 bits per heavy atom. The van der Waals surface area contributed by atoms with E-state index in [4.69, 9.17) is 18.9 Å². The summed E-state index contributed by atoms with van der Waals surface area (Å²) in [5.41, 5.74) is 6.28. The van der Waals surface area contributed by atoms with Crippen molar-refractivity contribution in [2.24, 2.45) is 0 Å². The lowest BCUT2D eigenvalue weighted by atomic mass is 9.90. The van der Waals surface area contributed by atoms with Gasteiger partial charge in [-0.3, -0.25) is 0 Å². The zero-order chi connectivity index (χ0) is 72.1. The molecule has 1 aliphatic carbocycles. The number of anilines is 4. The summed E-state index contributed by atoms with van der Waals surface area (Å²) in [7, 11) is -17.8. The second-order valence-corrected chi connectivity index (χ2v) is 30.8. The largest absolute Gasteiger partial charge is 0.493 e. The summed E-state index contributed by atoms with van der Waals surface area (Å²) in [6, 6.07) is 31.7. The minimum absolute atomic E-state index is 0.0624. The van der Waals surface area contributed by atoms with E-state index in [0.717, 1.165) is 22.3 Å². The minimum Gasteiger partial charge on any atom is -0.493 e. The highest BCUT2D eigenvalue weighted by Crippen LogP contribution is 2.43. The van der Waals surface area contributed by atoms with Crippen LogP contribution in [0.2, 0.25) is 0 Å². The van der Waals surface area contributed by atoms with Gasteiger partial charge in [0.1, 0.15) is 23.0 Å². The highest BCUT2D eigenvalue weighted by atomic mass is 32.2. The van der Waals surface area contributed by atoms with Gasteiger partial charge in [-0.2, -0.15) is 0 Å². The number of benzene rings is 8. The molecule has 0 saturated carbocycles. The summed E-state index contributed by atoms with van der Waals surface area (Å²) < 4.78 is 146. The van der Waals surface area contributed by atoms with Gasteiger partial charge in [-0.05, 0) is 150 Å². The molecule has 0 spiro atoms. The second-order valence-electron chi connectivity index (χ2n) is 24.1. The zero-order valence-electron chi connectivity index (χ0n) is 56.5. The Kier molecular flexibility index (Phi) is 23.9. The Morgan fingerprint density at radius 2 is 0.450 bits per heavy atom. The van der Waals surface area contributed by atoms with E-state index in [1.54, 1.807) is 125 Å². The number of hydrogen-bond donors (Lipinski definition) is 8. The summed E-state index contributed by atoms with van der Waals surface area (Å²) in [4.78, 5) is 56.0. The molecule has 0 saturated heterocycles. The first-order valence-electron chi connectivity index (χ1n) is 32.3. The first-order valence-corrected chi connectivity index (χ1v) is 38.2. The average molecular weight is 1440 g/mol. The average Bonchev–Trinajstić information content (AvgIpc) is 0.771. The van der Waals surface area contributed by atoms with Crippen LogP contribution in [0.3, 0.4) is 0 Å². The van der Waals surface area contributed by atoms with Gasteiger partial charge >= 0.3 is 24.1 Å². The first-order chi connectivity index (χ1) is 47.5. The number of fused-ring (bicyclic) bond motifs is 8. The van der Waals surface area contributed by atoms with Crippen LogP contribution < -0.4 is 59.1 Å². The second kappa shape index (κ2) is 32.2. The number of hydrogen-bond acceptors (Lipinski definition) is 16. The Bertz CT molecular complexity index is 4140. The molecule has 0 radical (unpaired) electrons. The molecule has 9 rings (SSSR count). The molecule has 0 heterocycles. The van der Waals surface area contributed by atoms with Crippen molar-refractivity contribution in [3.05, 3.63) is 212 Å². The van der Waals surface area contributed by atoms with Crippen molar-refractivity contribution < 1.29 is 71.8 Å². The van der Waals surface area contributed by atoms with Crippen molar-refractivity contribution in [1.29, 1.82) is 0 Å². The van der Waals surface area contributed by atoms with E-state index in [9.17, 15) is 52.8 Å². The van der Waals surface area contributed by atoms with Gasteiger partial charge in [0, 0.05) is 92.9 Å². The molecule has 8 N–H and O–H groups in total. The van der Waals surface area contributed by atoms with Crippen LogP contribution >= 0.6 is 0 Å². The third-order valence-corrected chi connectivity index (χ3v) is 20.9. The third-order valence-electron chi connectivity index (χ3n) is 15.6. The van der Waals surface area contributed by atoms with Crippen LogP contribution in [0, 0.1) is 27.7 Å². The fourth-order valence-corrected chi connectivity index (χ4v) is 14.6. The zero-order valence-corrected chi connectivity index (χ0v) is 59.8. The van der Waals surface area contributed by atoms with Crippen molar-refractivity contribution in [2.45, 2.75) is 126 Å². The fourth-order valence-electron chi connectivity index (χ4n) is 11.0. The molecule has 1 aliphatic rings. The van der Waals surface area contributed by atoms with E-state index in [2.05, 4.69) is 40.2 Å². The van der Waals surface area contributed by atoms with E-state index in [1.165, 1.54) is 48.5 Å². The molecule has 0 aliphatic heterocycles. The minimum atomic E-state index is -4.45. The number of urea groups is 4. The van der Waals surface area contributed by atoms with E-state index < -0.39 is 64.2 Å². The predicted octanol–water partition coefficient (Wildman–Crippen LogP) is 12.8. The van der Waals surface area contributed by atoms with Crippen LogP contribution in [-0.2, 0) is 65.8 Å². The van der Waals surface area contributed by atoms with Crippen molar-refractivity contribution in [1.82, 2.24) is 18.9 Å².